The van der Waals surface area contributed by atoms with Crippen molar-refractivity contribution >= 4 is 23.6 Å². The van der Waals surface area contributed by atoms with Crippen molar-refractivity contribution in [3.05, 3.63) is 34.9 Å². The van der Waals surface area contributed by atoms with E-state index in [9.17, 15) is 9.59 Å². The van der Waals surface area contributed by atoms with Gasteiger partial charge in [-0.15, -0.1) is 0 Å². The van der Waals surface area contributed by atoms with Gasteiger partial charge < -0.3 is 24.8 Å². The SMILES string of the molecule is CC(C)C(NC(=O)OC(C)(C)C)C(=O)NCC1(c2ccc(Cl)cc2)OCCO1. The van der Waals surface area contributed by atoms with Crippen molar-refractivity contribution < 1.29 is 23.8 Å². The van der Waals surface area contributed by atoms with Crippen LogP contribution < -0.4 is 10.6 Å². The smallest absolute Gasteiger partial charge is 0.408 e. The van der Waals surface area contributed by atoms with Gasteiger partial charge in [-0.2, -0.15) is 0 Å². The molecule has 1 fully saturated rings. The molecule has 8 heteroatoms. The third-order valence-electron chi connectivity index (χ3n) is 4.15. The van der Waals surface area contributed by atoms with Crippen molar-refractivity contribution in [2.24, 2.45) is 5.92 Å². The zero-order valence-electron chi connectivity index (χ0n) is 17.0. The van der Waals surface area contributed by atoms with E-state index in [-0.39, 0.29) is 18.4 Å². The Hall–Kier alpha value is -1.83. The van der Waals surface area contributed by atoms with Crippen LogP contribution in [0.15, 0.2) is 24.3 Å². The summed E-state index contributed by atoms with van der Waals surface area (Å²) in [7, 11) is 0. The topological polar surface area (TPSA) is 85.9 Å². The van der Waals surface area contributed by atoms with Crippen molar-refractivity contribution in [2.45, 2.75) is 52.0 Å². The highest BCUT2D eigenvalue weighted by Gasteiger charge is 2.40. The summed E-state index contributed by atoms with van der Waals surface area (Å²) in [6.07, 6.45) is -0.637. The Bertz CT molecular complexity index is 679. The molecule has 0 saturated carbocycles. The van der Waals surface area contributed by atoms with Crippen LogP contribution in [0.2, 0.25) is 5.02 Å². The summed E-state index contributed by atoms with van der Waals surface area (Å²) in [6, 6.07) is 6.34. The molecule has 7 nitrogen and oxygen atoms in total. The molecule has 1 saturated heterocycles. The average Bonchev–Trinajstić information content (AvgIpc) is 3.06. The molecule has 156 valence electrons. The minimum absolute atomic E-state index is 0.104. The van der Waals surface area contributed by atoms with Gasteiger partial charge in [-0.25, -0.2) is 4.79 Å². The highest BCUT2D eigenvalue weighted by atomic mass is 35.5. The van der Waals surface area contributed by atoms with Crippen molar-refractivity contribution in [3.63, 3.8) is 0 Å². The molecule has 1 aliphatic heterocycles. The molecular formula is C20H29ClN2O5. The van der Waals surface area contributed by atoms with E-state index in [0.717, 1.165) is 5.56 Å². The number of hydrogen-bond acceptors (Lipinski definition) is 5. The Labute approximate surface area is 171 Å². The quantitative estimate of drug-likeness (QED) is 0.749. The van der Waals surface area contributed by atoms with Crippen LogP contribution in [0.1, 0.15) is 40.2 Å². The van der Waals surface area contributed by atoms with Gasteiger partial charge in [0.1, 0.15) is 11.6 Å². The Morgan fingerprint density at radius 2 is 1.75 bits per heavy atom. The monoisotopic (exact) mass is 412 g/mol. The highest BCUT2D eigenvalue weighted by Crippen LogP contribution is 2.31. The predicted molar refractivity (Wildman–Crippen MR) is 106 cm³/mol. The highest BCUT2D eigenvalue weighted by molar-refractivity contribution is 6.30. The standard InChI is InChI=1S/C20H29ClN2O5/c1-13(2)16(23-18(25)28-19(3,4)5)17(24)22-12-20(26-10-11-27-20)14-6-8-15(21)9-7-14/h6-9,13,16H,10-12H2,1-5H3,(H,22,24)(H,23,25). The second kappa shape index (κ2) is 9.11. The number of benzene rings is 1. The van der Waals surface area contributed by atoms with Crippen LogP contribution in [0.5, 0.6) is 0 Å². The summed E-state index contributed by atoms with van der Waals surface area (Å²) < 4.78 is 16.9. The van der Waals surface area contributed by atoms with Crippen LogP contribution in [0.4, 0.5) is 4.79 Å². The second-order valence-corrected chi connectivity index (χ2v) is 8.48. The zero-order chi connectivity index (χ0) is 20.9. The summed E-state index contributed by atoms with van der Waals surface area (Å²) in [5, 5.41) is 6.07. The number of alkyl carbamates (subject to hydrolysis) is 1. The van der Waals surface area contributed by atoms with Crippen LogP contribution in [0, 0.1) is 5.92 Å². The molecule has 0 radical (unpaired) electrons. The van der Waals surface area contributed by atoms with Gasteiger partial charge in [0.2, 0.25) is 11.7 Å². The van der Waals surface area contributed by atoms with Gasteiger partial charge in [-0.05, 0) is 38.8 Å². The summed E-state index contributed by atoms with van der Waals surface area (Å²) in [4.78, 5) is 24.8. The Morgan fingerprint density at radius 1 is 1.18 bits per heavy atom. The molecule has 1 aromatic carbocycles. The number of amides is 2. The maximum absolute atomic E-state index is 12.8. The molecule has 0 spiro atoms. The van der Waals surface area contributed by atoms with Crippen molar-refractivity contribution in [1.29, 1.82) is 0 Å². The Balaban J connectivity index is 2.05. The number of halogens is 1. The number of carbonyl (C=O) groups excluding carboxylic acids is 2. The fourth-order valence-electron chi connectivity index (χ4n) is 2.81. The van der Waals surface area contributed by atoms with E-state index in [2.05, 4.69) is 10.6 Å². The lowest BCUT2D eigenvalue weighted by atomic mass is 10.0. The molecule has 0 aromatic heterocycles. The molecular weight excluding hydrogens is 384 g/mol. The van der Waals surface area contributed by atoms with Gasteiger partial charge in [-0.3, -0.25) is 4.79 Å². The lowest BCUT2D eigenvalue weighted by Crippen LogP contribution is -2.53. The first-order valence-corrected chi connectivity index (χ1v) is 9.71. The van der Waals surface area contributed by atoms with E-state index in [1.807, 2.05) is 13.8 Å². The Kier molecular flexibility index (Phi) is 7.31. The van der Waals surface area contributed by atoms with Crippen LogP contribution in [-0.4, -0.2) is 43.4 Å². The van der Waals surface area contributed by atoms with E-state index < -0.39 is 23.5 Å². The molecule has 1 atom stereocenters. The van der Waals surface area contributed by atoms with Crippen LogP contribution in [-0.2, 0) is 24.8 Å². The number of hydrogen-bond donors (Lipinski definition) is 2. The van der Waals surface area contributed by atoms with Crippen molar-refractivity contribution in [3.8, 4) is 0 Å². The number of nitrogens with one attached hydrogen (secondary N) is 2. The van der Waals surface area contributed by atoms with Gasteiger partial charge in [0.25, 0.3) is 0 Å². The normalized spacial score (nSPS) is 17.2. The summed E-state index contributed by atoms with van der Waals surface area (Å²) in [6.45, 7) is 9.93. The second-order valence-electron chi connectivity index (χ2n) is 8.04. The first-order valence-electron chi connectivity index (χ1n) is 9.33. The van der Waals surface area contributed by atoms with Crippen LogP contribution in [0.25, 0.3) is 0 Å². The molecule has 1 aliphatic rings. The first kappa shape index (κ1) is 22.5. The molecule has 1 heterocycles. The molecule has 1 unspecified atom stereocenters. The first-order chi connectivity index (χ1) is 13.0. The Morgan fingerprint density at radius 3 is 2.25 bits per heavy atom. The van der Waals surface area contributed by atoms with Crippen molar-refractivity contribution in [2.75, 3.05) is 19.8 Å². The average molecular weight is 413 g/mol. The van der Waals surface area contributed by atoms with Crippen LogP contribution in [0.3, 0.4) is 0 Å². The number of ether oxygens (including phenoxy) is 3. The number of carbonyl (C=O) groups is 2. The third-order valence-corrected chi connectivity index (χ3v) is 4.41. The third kappa shape index (κ3) is 6.09. The largest absolute Gasteiger partial charge is 0.444 e. The minimum atomic E-state index is -1.08. The summed E-state index contributed by atoms with van der Waals surface area (Å²) >= 11 is 5.96. The summed E-state index contributed by atoms with van der Waals surface area (Å²) in [5.41, 5.74) is 0.114. The maximum Gasteiger partial charge on any atom is 0.408 e. The van der Waals surface area contributed by atoms with E-state index in [0.29, 0.717) is 18.2 Å². The molecule has 2 N–H and O–H groups in total. The number of rotatable bonds is 6. The lowest BCUT2D eigenvalue weighted by molar-refractivity contribution is -0.165. The van der Waals surface area contributed by atoms with E-state index in [1.54, 1.807) is 45.0 Å². The van der Waals surface area contributed by atoms with E-state index in [1.165, 1.54) is 0 Å². The molecule has 1 aromatic rings. The molecule has 2 amide bonds. The molecule has 28 heavy (non-hydrogen) atoms. The van der Waals surface area contributed by atoms with E-state index >= 15 is 0 Å². The van der Waals surface area contributed by atoms with E-state index in [4.69, 9.17) is 25.8 Å². The lowest BCUT2D eigenvalue weighted by Gasteiger charge is -2.30. The maximum atomic E-state index is 12.8. The molecule has 2 rings (SSSR count). The fourth-order valence-corrected chi connectivity index (χ4v) is 2.94. The van der Waals surface area contributed by atoms with Crippen LogP contribution >= 0.6 is 11.6 Å². The molecule has 0 bridgehead atoms. The van der Waals surface area contributed by atoms with Crippen molar-refractivity contribution in [1.82, 2.24) is 10.6 Å². The van der Waals surface area contributed by atoms with Gasteiger partial charge in [0.05, 0.1) is 19.8 Å². The molecule has 0 aliphatic carbocycles. The van der Waals surface area contributed by atoms with Gasteiger partial charge >= 0.3 is 6.09 Å². The van der Waals surface area contributed by atoms with Gasteiger partial charge in [0, 0.05) is 10.6 Å². The predicted octanol–water partition coefficient (Wildman–Crippen LogP) is 3.21. The van der Waals surface area contributed by atoms with Gasteiger partial charge in [0.15, 0.2) is 0 Å². The summed E-state index contributed by atoms with van der Waals surface area (Å²) in [5.74, 6) is -1.55. The zero-order valence-corrected chi connectivity index (χ0v) is 17.8. The van der Waals surface area contributed by atoms with Gasteiger partial charge in [-0.1, -0.05) is 37.6 Å². The fraction of sp³-hybridized carbons (Fsp3) is 0.600. The minimum Gasteiger partial charge on any atom is -0.444 e.